The van der Waals surface area contributed by atoms with Gasteiger partial charge < -0.3 is 10.5 Å². The van der Waals surface area contributed by atoms with Gasteiger partial charge in [-0.1, -0.05) is 13.8 Å². The van der Waals surface area contributed by atoms with E-state index in [0.717, 1.165) is 62.0 Å². The highest BCUT2D eigenvalue weighted by Gasteiger charge is 2.31. The molecular formula is C25H30F4N2O2. The zero-order chi connectivity index (χ0) is 24.2. The molecule has 1 aliphatic heterocycles. The second kappa shape index (κ2) is 10.5. The smallest absolute Gasteiger partial charge is 0.416 e. The van der Waals surface area contributed by atoms with Crippen LogP contribution in [0.2, 0.25) is 0 Å². The molecule has 2 fully saturated rings. The Morgan fingerprint density at radius 2 is 1.67 bits per heavy atom. The summed E-state index contributed by atoms with van der Waals surface area (Å²) in [4.78, 5) is 13.7. The average molecular weight is 467 g/mol. The van der Waals surface area contributed by atoms with Gasteiger partial charge in [-0.2, -0.15) is 13.2 Å². The Labute approximate surface area is 191 Å². The number of carbonyl (C=O) groups is 1. The fraction of sp³-hybridized carbons (Fsp3) is 0.480. The lowest BCUT2D eigenvalue weighted by atomic mass is 9.97. The number of halogens is 4. The van der Waals surface area contributed by atoms with Crippen LogP contribution in [-0.2, 0) is 12.7 Å². The van der Waals surface area contributed by atoms with Crippen LogP contribution in [0.1, 0.15) is 72.5 Å². The van der Waals surface area contributed by atoms with E-state index in [2.05, 4.69) is 4.90 Å². The number of likely N-dealkylation sites (tertiary alicyclic amines) is 1. The van der Waals surface area contributed by atoms with Gasteiger partial charge in [0.15, 0.2) is 0 Å². The van der Waals surface area contributed by atoms with Gasteiger partial charge in [-0.3, -0.25) is 9.69 Å². The van der Waals surface area contributed by atoms with E-state index < -0.39 is 23.5 Å². The molecule has 4 rings (SSSR count). The standard InChI is InChI=1S/C23H24F4N2O2.C2H6/c24-21-11-15(19(14-1-2-14)12-20(21)22(28)30)13-29-9-7-18(8-10-29)31-17-5-3-16(4-6-17)23(25,26)27;1-2/h3-6,11-12,14,18H,1-2,7-10,13H2,(H2,28,30);1-2H3. The highest BCUT2D eigenvalue weighted by Crippen LogP contribution is 2.43. The van der Waals surface area contributed by atoms with Crippen molar-refractivity contribution in [2.45, 2.75) is 64.3 Å². The molecule has 1 amide bonds. The Morgan fingerprint density at radius 1 is 1.06 bits per heavy atom. The lowest BCUT2D eigenvalue weighted by Gasteiger charge is -2.32. The zero-order valence-corrected chi connectivity index (χ0v) is 18.9. The van der Waals surface area contributed by atoms with Gasteiger partial charge in [0, 0.05) is 19.6 Å². The van der Waals surface area contributed by atoms with E-state index in [1.165, 1.54) is 18.2 Å². The lowest BCUT2D eigenvalue weighted by Crippen LogP contribution is -2.38. The summed E-state index contributed by atoms with van der Waals surface area (Å²) in [5.41, 5.74) is 6.41. The predicted molar refractivity (Wildman–Crippen MR) is 119 cm³/mol. The number of nitrogens with zero attached hydrogens (tertiary/aromatic N) is 1. The summed E-state index contributed by atoms with van der Waals surface area (Å²) in [6.45, 7) is 6.04. The number of hydrogen-bond donors (Lipinski definition) is 1. The molecule has 0 atom stereocenters. The van der Waals surface area contributed by atoms with E-state index in [4.69, 9.17) is 10.5 Å². The quantitative estimate of drug-likeness (QED) is 0.540. The van der Waals surface area contributed by atoms with Crippen molar-refractivity contribution in [1.29, 1.82) is 0 Å². The third-order valence-corrected chi connectivity index (χ3v) is 5.92. The number of alkyl halides is 3. The molecule has 4 nitrogen and oxygen atoms in total. The number of piperidine rings is 1. The zero-order valence-electron chi connectivity index (χ0n) is 18.9. The monoisotopic (exact) mass is 466 g/mol. The van der Waals surface area contributed by atoms with Crippen LogP contribution in [0.5, 0.6) is 5.75 Å². The van der Waals surface area contributed by atoms with Crippen LogP contribution >= 0.6 is 0 Å². The molecule has 0 unspecified atom stereocenters. The highest BCUT2D eigenvalue weighted by molar-refractivity contribution is 5.93. The largest absolute Gasteiger partial charge is 0.490 e. The van der Waals surface area contributed by atoms with Crippen LogP contribution in [0.4, 0.5) is 17.6 Å². The van der Waals surface area contributed by atoms with E-state index in [9.17, 15) is 22.4 Å². The maximum absolute atomic E-state index is 14.3. The first-order valence-corrected chi connectivity index (χ1v) is 11.4. The summed E-state index contributed by atoms with van der Waals surface area (Å²) in [5.74, 6) is -0.569. The predicted octanol–water partition coefficient (Wildman–Crippen LogP) is 5.89. The number of ether oxygens (including phenoxy) is 1. The van der Waals surface area contributed by atoms with Gasteiger partial charge in [-0.25, -0.2) is 4.39 Å². The first-order chi connectivity index (χ1) is 15.7. The molecule has 0 spiro atoms. The minimum absolute atomic E-state index is 0.0608. The molecule has 2 aliphatic rings. The van der Waals surface area contributed by atoms with Crippen molar-refractivity contribution in [1.82, 2.24) is 4.90 Å². The van der Waals surface area contributed by atoms with Gasteiger partial charge in [-0.05, 0) is 79.1 Å². The molecule has 2 aromatic carbocycles. The molecule has 0 radical (unpaired) electrons. The molecule has 0 aromatic heterocycles. The summed E-state index contributed by atoms with van der Waals surface area (Å²) < 4.78 is 58.2. The van der Waals surface area contributed by atoms with Gasteiger partial charge in [0.2, 0.25) is 0 Å². The molecule has 1 heterocycles. The van der Waals surface area contributed by atoms with Gasteiger partial charge in [0.1, 0.15) is 17.7 Å². The fourth-order valence-electron chi connectivity index (χ4n) is 4.07. The van der Waals surface area contributed by atoms with Crippen LogP contribution < -0.4 is 10.5 Å². The van der Waals surface area contributed by atoms with E-state index in [1.807, 2.05) is 13.8 Å². The summed E-state index contributed by atoms with van der Waals surface area (Å²) in [5, 5.41) is 0. The van der Waals surface area contributed by atoms with Crippen molar-refractivity contribution in [3.05, 3.63) is 64.5 Å². The minimum Gasteiger partial charge on any atom is -0.490 e. The average Bonchev–Trinajstić information content (AvgIpc) is 3.61. The Kier molecular flexibility index (Phi) is 8.00. The van der Waals surface area contributed by atoms with Crippen molar-refractivity contribution in [2.24, 2.45) is 5.73 Å². The van der Waals surface area contributed by atoms with Crippen LogP contribution in [0.25, 0.3) is 0 Å². The van der Waals surface area contributed by atoms with Crippen molar-refractivity contribution < 1.29 is 27.1 Å². The third-order valence-electron chi connectivity index (χ3n) is 5.92. The molecule has 180 valence electrons. The fourth-order valence-corrected chi connectivity index (χ4v) is 4.07. The number of hydrogen-bond acceptors (Lipinski definition) is 3. The summed E-state index contributed by atoms with van der Waals surface area (Å²) in [7, 11) is 0. The molecular weight excluding hydrogens is 436 g/mol. The SMILES string of the molecule is CC.NC(=O)c1cc(C2CC2)c(CN2CCC(Oc3ccc(C(F)(F)F)cc3)CC2)cc1F. The maximum atomic E-state index is 14.3. The van der Waals surface area contributed by atoms with Crippen LogP contribution in [0.15, 0.2) is 36.4 Å². The van der Waals surface area contributed by atoms with E-state index in [-0.39, 0.29) is 11.7 Å². The lowest BCUT2D eigenvalue weighted by molar-refractivity contribution is -0.137. The molecule has 2 N–H and O–H groups in total. The van der Waals surface area contributed by atoms with Gasteiger partial charge in [0.25, 0.3) is 5.91 Å². The molecule has 8 heteroatoms. The summed E-state index contributed by atoms with van der Waals surface area (Å²) in [6.07, 6.45) is -0.939. The highest BCUT2D eigenvalue weighted by atomic mass is 19.4. The number of benzene rings is 2. The number of primary amides is 1. The number of amides is 1. The van der Waals surface area contributed by atoms with Crippen LogP contribution in [0.3, 0.4) is 0 Å². The second-order valence-electron chi connectivity index (χ2n) is 8.28. The second-order valence-corrected chi connectivity index (χ2v) is 8.28. The Morgan fingerprint density at radius 3 is 2.18 bits per heavy atom. The maximum Gasteiger partial charge on any atom is 0.416 e. The van der Waals surface area contributed by atoms with Gasteiger partial charge in [-0.15, -0.1) is 0 Å². The van der Waals surface area contributed by atoms with Gasteiger partial charge in [0.05, 0.1) is 11.1 Å². The molecule has 0 bridgehead atoms. The van der Waals surface area contributed by atoms with E-state index in [1.54, 1.807) is 6.07 Å². The van der Waals surface area contributed by atoms with Crippen LogP contribution in [-0.4, -0.2) is 30.0 Å². The van der Waals surface area contributed by atoms with Crippen molar-refractivity contribution >= 4 is 5.91 Å². The molecule has 1 saturated carbocycles. The Bertz CT molecular complexity index is 948. The normalized spacial score (nSPS) is 17.3. The Hall–Kier alpha value is -2.61. The van der Waals surface area contributed by atoms with Crippen molar-refractivity contribution in [3.63, 3.8) is 0 Å². The third kappa shape index (κ3) is 6.47. The summed E-state index contributed by atoms with van der Waals surface area (Å²) in [6, 6.07) is 7.77. The minimum atomic E-state index is -4.36. The summed E-state index contributed by atoms with van der Waals surface area (Å²) >= 11 is 0. The molecule has 33 heavy (non-hydrogen) atoms. The Balaban J connectivity index is 0.00000149. The number of nitrogens with two attached hydrogens (primary N) is 1. The van der Waals surface area contributed by atoms with Gasteiger partial charge >= 0.3 is 6.18 Å². The van der Waals surface area contributed by atoms with E-state index >= 15 is 0 Å². The topological polar surface area (TPSA) is 55.6 Å². The van der Waals surface area contributed by atoms with Crippen LogP contribution in [0, 0.1) is 5.82 Å². The number of rotatable bonds is 6. The molecule has 2 aromatic rings. The first-order valence-electron chi connectivity index (χ1n) is 11.4. The van der Waals surface area contributed by atoms with E-state index in [0.29, 0.717) is 18.2 Å². The van der Waals surface area contributed by atoms with Crippen molar-refractivity contribution in [2.75, 3.05) is 13.1 Å². The molecule has 1 aliphatic carbocycles. The first kappa shape index (κ1) is 25.0. The molecule has 1 saturated heterocycles. The number of carbonyl (C=O) groups excluding carboxylic acids is 1. The van der Waals surface area contributed by atoms with Crippen molar-refractivity contribution in [3.8, 4) is 5.75 Å².